The number of carbonyl (C=O) groups is 1. The number of hydrogen-bond donors (Lipinski definition) is 1. The summed E-state index contributed by atoms with van der Waals surface area (Å²) >= 11 is 0. The molecule has 30 heavy (non-hydrogen) atoms. The van der Waals surface area contributed by atoms with Crippen molar-refractivity contribution in [2.75, 3.05) is 19.6 Å². The van der Waals surface area contributed by atoms with Crippen LogP contribution in [0.5, 0.6) is 0 Å². The molecule has 2 heterocycles. The minimum Gasteiger partial charge on any atom is -0.347 e. The summed E-state index contributed by atoms with van der Waals surface area (Å²) in [5, 5.41) is 3.33. The lowest BCUT2D eigenvalue weighted by Gasteiger charge is -2.38. The van der Waals surface area contributed by atoms with E-state index in [0.717, 1.165) is 38.2 Å². The van der Waals surface area contributed by atoms with E-state index in [4.69, 9.17) is 0 Å². The predicted molar refractivity (Wildman–Crippen MR) is 123 cm³/mol. The van der Waals surface area contributed by atoms with E-state index in [2.05, 4.69) is 52.5 Å². The SMILES string of the molecule is C[C@H](CCN1CCC[C@@H]([C@@H](NC(=O)C(C)(C)C)c2ccccn2)C1)c1ccccc1. The van der Waals surface area contributed by atoms with Crippen LogP contribution in [0.25, 0.3) is 0 Å². The van der Waals surface area contributed by atoms with Crippen LogP contribution in [-0.4, -0.2) is 35.4 Å². The maximum atomic E-state index is 12.8. The van der Waals surface area contributed by atoms with Gasteiger partial charge in [-0.3, -0.25) is 9.78 Å². The molecule has 1 amide bonds. The van der Waals surface area contributed by atoms with Crippen molar-refractivity contribution in [3.05, 3.63) is 66.0 Å². The second kappa shape index (κ2) is 10.2. The molecule has 0 unspecified atom stereocenters. The van der Waals surface area contributed by atoms with Gasteiger partial charge in [0.1, 0.15) is 0 Å². The Hall–Kier alpha value is -2.20. The van der Waals surface area contributed by atoms with Crippen molar-refractivity contribution in [2.45, 2.75) is 58.9 Å². The smallest absolute Gasteiger partial charge is 0.225 e. The van der Waals surface area contributed by atoms with Crippen LogP contribution in [0.3, 0.4) is 0 Å². The Kier molecular flexibility index (Phi) is 7.65. The van der Waals surface area contributed by atoms with Crippen molar-refractivity contribution < 1.29 is 4.79 Å². The first-order chi connectivity index (χ1) is 14.3. The summed E-state index contributed by atoms with van der Waals surface area (Å²) < 4.78 is 0. The maximum Gasteiger partial charge on any atom is 0.225 e. The fourth-order valence-electron chi connectivity index (χ4n) is 4.24. The first kappa shape index (κ1) is 22.5. The van der Waals surface area contributed by atoms with Crippen LogP contribution >= 0.6 is 0 Å². The summed E-state index contributed by atoms with van der Waals surface area (Å²) in [5.74, 6) is 1.03. The Morgan fingerprint density at radius 2 is 1.90 bits per heavy atom. The topological polar surface area (TPSA) is 45.2 Å². The average Bonchev–Trinajstić information content (AvgIpc) is 2.76. The molecule has 1 aromatic carbocycles. The van der Waals surface area contributed by atoms with Crippen LogP contribution in [-0.2, 0) is 4.79 Å². The summed E-state index contributed by atoms with van der Waals surface area (Å²) in [6.45, 7) is 11.5. The minimum atomic E-state index is -0.410. The zero-order valence-corrected chi connectivity index (χ0v) is 19.0. The summed E-state index contributed by atoms with van der Waals surface area (Å²) in [4.78, 5) is 20.0. The standard InChI is InChI=1S/C26H37N3O/c1-20(21-11-6-5-7-12-21)15-18-29-17-10-13-22(19-29)24(23-14-8-9-16-27-23)28-25(30)26(2,3)4/h5-9,11-12,14,16,20,22,24H,10,13,15,17-19H2,1-4H3,(H,28,30)/t20-,22-,24-/m1/s1. The van der Waals surface area contributed by atoms with Gasteiger partial charge in [-0.1, -0.05) is 64.1 Å². The van der Waals surface area contributed by atoms with Gasteiger partial charge in [0.2, 0.25) is 5.91 Å². The van der Waals surface area contributed by atoms with E-state index in [1.165, 1.54) is 12.0 Å². The molecule has 1 aliphatic rings. The van der Waals surface area contributed by atoms with Crippen LogP contribution in [0.15, 0.2) is 54.7 Å². The second-order valence-corrected chi connectivity index (χ2v) is 9.76. The summed E-state index contributed by atoms with van der Waals surface area (Å²) in [5.41, 5.74) is 1.97. The zero-order chi connectivity index (χ0) is 21.6. The molecule has 162 valence electrons. The number of piperidine rings is 1. The molecule has 0 saturated carbocycles. The van der Waals surface area contributed by atoms with E-state index in [1.807, 2.05) is 45.2 Å². The van der Waals surface area contributed by atoms with E-state index in [9.17, 15) is 4.79 Å². The number of amides is 1. The van der Waals surface area contributed by atoms with E-state index in [0.29, 0.717) is 11.8 Å². The highest BCUT2D eigenvalue weighted by atomic mass is 16.2. The summed E-state index contributed by atoms with van der Waals surface area (Å²) in [6.07, 6.45) is 5.27. The van der Waals surface area contributed by atoms with Crippen molar-refractivity contribution in [3.63, 3.8) is 0 Å². The molecule has 2 aromatic rings. The van der Waals surface area contributed by atoms with Crippen LogP contribution in [0.4, 0.5) is 0 Å². The van der Waals surface area contributed by atoms with Gasteiger partial charge in [0.05, 0.1) is 11.7 Å². The molecule has 1 aliphatic heterocycles. The highest BCUT2D eigenvalue weighted by molar-refractivity contribution is 5.81. The second-order valence-electron chi connectivity index (χ2n) is 9.76. The number of benzene rings is 1. The number of aromatic nitrogens is 1. The highest BCUT2D eigenvalue weighted by Crippen LogP contribution is 2.31. The van der Waals surface area contributed by atoms with E-state index in [-0.39, 0.29) is 11.9 Å². The fourth-order valence-corrected chi connectivity index (χ4v) is 4.24. The van der Waals surface area contributed by atoms with Crippen LogP contribution in [0.1, 0.15) is 70.2 Å². The Balaban J connectivity index is 1.66. The molecule has 0 aliphatic carbocycles. The van der Waals surface area contributed by atoms with E-state index in [1.54, 1.807) is 0 Å². The zero-order valence-electron chi connectivity index (χ0n) is 19.0. The number of rotatable bonds is 7. The molecule has 4 nitrogen and oxygen atoms in total. The van der Waals surface area contributed by atoms with Gasteiger partial charge in [-0.05, 0) is 61.9 Å². The molecule has 0 bridgehead atoms. The summed E-state index contributed by atoms with van der Waals surface area (Å²) in [7, 11) is 0. The third-order valence-electron chi connectivity index (χ3n) is 6.23. The van der Waals surface area contributed by atoms with Crippen molar-refractivity contribution in [3.8, 4) is 0 Å². The van der Waals surface area contributed by atoms with Gasteiger partial charge in [-0.2, -0.15) is 0 Å². The van der Waals surface area contributed by atoms with Crippen LogP contribution in [0.2, 0.25) is 0 Å². The lowest BCUT2D eigenvalue weighted by molar-refractivity contribution is -0.130. The quantitative estimate of drug-likeness (QED) is 0.687. The minimum absolute atomic E-state index is 0.0349. The number of likely N-dealkylation sites (tertiary alicyclic amines) is 1. The number of carbonyl (C=O) groups excluding carboxylic acids is 1. The molecule has 3 atom stereocenters. The van der Waals surface area contributed by atoms with Crippen molar-refractivity contribution >= 4 is 5.91 Å². The lowest BCUT2D eigenvalue weighted by Crippen LogP contribution is -2.46. The molecule has 0 spiro atoms. The molecule has 0 radical (unpaired) electrons. The van der Waals surface area contributed by atoms with Crippen LogP contribution < -0.4 is 5.32 Å². The number of nitrogens with zero attached hydrogens (tertiary/aromatic N) is 2. The summed E-state index contributed by atoms with van der Waals surface area (Å²) in [6, 6.07) is 16.7. The molecule has 1 N–H and O–H groups in total. The molecular weight excluding hydrogens is 370 g/mol. The molecular formula is C26H37N3O. The molecule has 4 heteroatoms. The first-order valence-electron chi connectivity index (χ1n) is 11.3. The van der Waals surface area contributed by atoms with E-state index < -0.39 is 5.41 Å². The predicted octanol–water partition coefficient (Wildman–Crippen LogP) is 5.19. The Bertz CT molecular complexity index is 785. The Labute approximate surface area is 182 Å². The van der Waals surface area contributed by atoms with Crippen LogP contribution in [0, 0.1) is 11.3 Å². The fraction of sp³-hybridized carbons (Fsp3) is 0.538. The van der Waals surface area contributed by atoms with Gasteiger partial charge in [-0.15, -0.1) is 0 Å². The monoisotopic (exact) mass is 407 g/mol. The molecule has 3 rings (SSSR count). The van der Waals surface area contributed by atoms with Crippen molar-refractivity contribution in [1.82, 2.24) is 15.2 Å². The highest BCUT2D eigenvalue weighted by Gasteiger charge is 2.33. The van der Waals surface area contributed by atoms with Gasteiger partial charge in [0, 0.05) is 18.2 Å². The molecule has 1 fully saturated rings. The van der Waals surface area contributed by atoms with Gasteiger partial charge < -0.3 is 10.2 Å². The Morgan fingerprint density at radius 3 is 2.57 bits per heavy atom. The maximum absolute atomic E-state index is 12.8. The van der Waals surface area contributed by atoms with E-state index >= 15 is 0 Å². The van der Waals surface area contributed by atoms with Gasteiger partial charge >= 0.3 is 0 Å². The van der Waals surface area contributed by atoms with Gasteiger partial charge in [0.15, 0.2) is 0 Å². The van der Waals surface area contributed by atoms with Gasteiger partial charge in [-0.25, -0.2) is 0 Å². The first-order valence-corrected chi connectivity index (χ1v) is 11.3. The normalized spacial score (nSPS) is 19.8. The molecule has 1 saturated heterocycles. The lowest BCUT2D eigenvalue weighted by atomic mass is 9.86. The number of nitrogens with one attached hydrogen (secondary N) is 1. The molecule has 1 aromatic heterocycles. The third-order valence-corrected chi connectivity index (χ3v) is 6.23. The van der Waals surface area contributed by atoms with Crippen molar-refractivity contribution in [2.24, 2.45) is 11.3 Å². The number of hydrogen-bond acceptors (Lipinski definition) is 3. The van der Waals surface area contributed by atoms with Crippen molar-refractivity contribution in [1.29, 1.82) is 0 Å². The van der Waals surface area contributed by atoms with Gasteiger partial charge in [0.25, 0.3) is 0 Å². The third kappa shape index (κ3) is 6.15. The Morgan fingerprint density at radius 1 is 1.17 bits per heavy atom. The largest absolute Gasteiger partial charge is 0.347 e. The average molecular weight is 408 g/mol. The number of pyridine rings is 1.